The van der Waals surface area contributed by atoms with Crippen molar-refractivity contribution < 1.29 is 9.13 Å². The Labute approximate surface area is 156 Å². The van der Waals surface area contributed by atoms with E-state index in [2.05, 4.69) is 15.6 Å². The maximum atomic E-state index is 13.0. The summed E-state index contributed by atoms with van der Waals surface area (Å²) in [5.74, 6) is 0.859. The lowest BCUT2D eigenvalue weighted by atomic mass is 10.1. The van der Waals surface area contributed by atoms with Gasteiger partial charge in [0.25, 0.3) is 0 Å². The Kier molecular flexibility index (Phi) is 4.54. The molecule has 0 atom stereocenters. The van der Waals surface area contributed by atoms with E-state index in [1.165, 1.54) is 12.1 Å². The number of fused-ring (bicyclic) bond motifs is 1. The third-order valence-electron chi connectivity index (χ3n) is 4.41. The average Bonchev–Trinajstić information content (AvgIpc) is 3.12. The molecule has 0 saturated heterocycles. The highest BCUT2D eigenvalue weighted by Crippen LogP contribution is 2.30. The summed E-state index contributed by atoms with van der Waals surface area (Å²) in [6.07, 6.45) is 4.38. The monoisotopic (exact) mass is 357 g/mol. The highest BCUT2D eigenvalue weighted by atomic mass is 19.1. The summed E-state index contributed by atoms with van der Waals surface area (Å²) in [5.41, 5.74) is 2.64. The molecule has 132 valence electrons. The minimum absolute atomic E-state index is 0.221. The third-order valence-corrected chi connectivity index (χ3v) is 4.41. The maximum absolute atomic E-state index is 13.0. The van der Waals surface area contributed by atoms with Gasteiger partial charge in [-0.1, -0.05) is 18.2 Å². The molecule has 0 unspecified atom stereocenters. The lowest BCUT2D eigenvalue weighted by Gasteiger charge is -2.09. The van der Waals surface area contributed by atoms with E-state index in [0.717, 1.165) is 29.4 Å². The SMILES string of the molecule is N#Cc1ccnc(Oc2cccc3c2ccn3CCc2ccc(F)cc2)c1. The smallest absolute Gasteiger partial charge is 0.220 e. The molecule has 2 heterocycles. The van der Waals surface area contributed by atoms with Crippen molar-refractivity contribution in [2.45, 2.75) is 13.0 Å². The Balaban J connectivity index is 1.57. The highest BCUT2D eigenvalue weighted by molar-refractivity contribution is 5.86. The quantitative estimate of drug-likeness (QED) is 0.500. The molecule has 4 rings (SSSR count). The molecule has 0 bridgehead atoms. The fourth-order valence-corrected chi connectivity index (χ4v) is 3.03. The number of aromatic nitrogens is 2. The van der Waals surface area contributed by atoms with Gasteiger partial charge in [-0.25, -0.2) is 9.37 Å². The van der Waals surface area contributed by atoms with Crippen LogP contribution in [0.15, 0.2) is 73.1 Å². The van der Waals surface area contributed by atoms with E-state index in [0.29, 0.717) is 17.2 Å². The summed E-state index contributed by atoms with van der Waals surface area (Å²) in [6.45, 7) is 0.779. The molecule has 4 aromatic rings. The first-order chi connectivity index (χ1) is 13.2. The summed E-state index contributed by atoms with van der Waals surface area (Å²) in [6, 6.07) is 19.8. The number of aryl methyl sites for hydroxylation is 2. The van der Waals surface area contributed by atoms with Crippen molar-refractivity contribution >= 4 is 10.9 Å². The van der Waals surface area contributed by atoms with Crippen LogP contribution in [0, 0.1) is 17.1 Å². The van der Waals surface area contributed by atoms with Crippen LogP contribution in [0.2, 0.25) is 0 Å². The summed E-state index contributed by atoms with van der Waals surface area (Å²) in [7, 11) is 0. The molecular formula is C22H16FN3O. The van der Waals surface area contributed by atoms with Gasteiger partial charge in [0.1, 0.15) is 11.6 Å². The van der Waals surface area contributed by atoms with E-state index in [1.54, 1.807) is 18.3 Å². The molecule has 0 fully saturated rings. The molecule has 0 aliphatic rings. The maximum Gasteiger partial charge on any atom is 0.220 e. The van der Waals surface area contributed by atoms with Gasteiger partial charge in [0.05, 0.1) is 17.1 Å². The lowest BCUT2D eigenvalue weighted by molar-refractivity contribution is 0.468. The molecular weight excluding hydrogens is 341 g/mol. The van der Waals surface area contributed by atoms with E-state index in [9.17, 15) is 4.39 Å². The fraction of sp³-hybridized carbons (Fsp3) is 0.0909. The lowest BCUT2D eigenvalue weighted by Crippen LogP contribution is -2.00. The molecule has 0 spiro atoms. The molecule has 0 aliphatic heterocycles. The molecule has 2 aromatic heterocycles. The zero-order valence-electron chi connectivity index (χ0n) is 14.5. The predicted octanol–water partition coefficient (Wildman–Crippen LogP) is 5.08. The van der Waals surface area contributed by atoms with Crippen LogP contribution >= 0.6 is 0 Å². The molecule has 27 heavy (non-hydrogen) atoms. The van der Waals surface area contributed by atoms with Gasteiger partial charge in [-0.05, 0) is 48.4 Å². The molecule has 5 heteroatoms. The van der Waals surface area contributed by atoms with Crippen LogP contribution in [0.3, 0.4) is 0 Å². The second-order valence-electron chi connectivity index (χ2n) is 6.17. The molecule has 0 N–H and O–H groups in total. The van der Waals surface area contributed by atoms with Crippen molar-refractivity contribution in [2.75, 3.05) is 0 Å². The van der Waals surface area contributed by atoms with Gasteiger partial charge in [0, 0.05) is 30.4 Å². The first-order valence-electron chi connectivity index (χ1n) is 8.59. The first kappa shape index (κ1) is 16.8. The van der Waals surface area contributed by atoms with Gasteiger partial charge in [0.15, 0.2) is 0 Å². The van der Waals surface area contributed by atoms with Crippen LogP contribution < -0.4 is 4.74 Å². The van der Waals surface area contributed by atoms with E-state index in [4.69, 9.17) is 10.00 Å². The van der Waals surface area contributed by atoms with Crippen LogP contribution in [0.4, 0.5) is 4.39 Å². The second-order valence-corrected chi connectivity index (χ2v) is 6.17. The Morgan fingerprint density at radius 1 is 1.07 bits per heavy atom. The van der Waals surface area contributed by atoms with Gasteiger partial charge < -0.3 is 9.30 Å². The normalized spacial score (nSPS) is 10.7. The molecule has 4 nitrogen and oxygen atoms in total. The number of pyridine rings is 1. The minimum Gasteiger partial charge on any atom is -0.438 e. The minimum atomic E-state index is -0.221. The van der Waals surface area contributed by atoms with Crippen molar-refractivity contribution in [2.24, 2.45) is 0 Å². The molecule has 0 radical (unpaired) electrons. The van der Waals surface area contributed by atoms with Gasteiger partial charge in [0.2, 0.25) is 5.88 Å². The van der Waals surface area contributed by atoms with Crippen LogP contribution in [-0.2, 0) is 13.0 Å². The van der Waals surface area contributed by atoms with Crippen molar-refractivity contribution in [3.63, 3.8) is 0 Å². The van der Waals surface area contributed by atoms with E-state index < -0.39 is 0 Å². The Bertz CT molecular complexity index is 1130. The number of hydrogen-bond donors (Lipinski definition) is 0. The highest BCUT2D eigenvalue weighted by Gasteiger charge is 2.09. The molecule has 0 aliphatic carbocycles. The molecule has 0 amide bonds. The van der Waals surface area contributed by atoms with Gasteiger partial charge in [-0.3, -0.25) is 0 Å². The number of halogens is 1. The van der Waals surface area contributed by atoms with Gasteiger partial charge >= 0.3 is 0 Å². The number of rotatable bonds is 5. The van der Waals surface area contributed by atoms with Crippen molar-refractivity contribution in [1.29, 1.82) is 5.26 Å². The summed E-state index contributed by atoms with van der Waals surface area (Å²) < 4.78 is 21.1. The van der Waals surface area contributed by atoms with E-state index in [1.807, 2.05) is 42.6 Å². The summed E-state index contributed by atoms with van der Waals surface area (Å²) in [5, 5.41) is 9.99. The van der Waals surface area contributed by atoms with Crippen molar-refractivity contribution in [3.8, 4) is 17.7 Å². The fourth-order valence-electron chi connectivity index (χ4n) is 3.03. The van der Waals surface area contributed by atoms with E-state index in [-0.39, 0.29) is 5.82 Å². The Hall–Kier alpha value is -3.65. The Morgan fingerprint density at radius 3 is 2.74 bits per heavy atom. The van der Waals surface area contributed by atoms with Crippen LogP contribution in [0.25, 0.3) is 10.9 Å². The standard InChI is InChI=1S/C22H16FN3O/c23-18-6-4-16(5-7-18)9-12-26-13-10-19-20(26)2-1-3-21(19)27-22-14-17(15-24)8-11-25-22/h1-8,10-11,13-14H,9,12H2. The average molecular weight is 357 g/mol. The molecule has 2 aromatic carbocycles. The summed E-state index contributed by atoms with van der Waals surface area (Å²) in [4.78, 5) is 4.17. The number of nitriles is 1. The van der Waals surface area contributed by atoms with Crippen molar-refractivity contribution in [1.82, 2.24) is 9.55 Å². The number of ether oxygens (including phenoxy) is 1. The first-order valence-corrected chi connectivity index (χ1v) is 8.59. The number of hydrogen-bond acceptors (Lipinski definition) is 3. The number of benzene rings is 2. The van der Waals surface area contributed by atoms with Crippen molar-refractivity contribution in [3.05, 3.63) is 90.0 Å². The third kappa shape index (κ3) is 3.65. The van der Waals surface area contributed by atoms with Crippen LogP contribution in [-0.4, -0.2) is 9.55 Å². The zero-order chi connectivity index (χ0) is 18.6. The largest absolute Gasteiger partial charge is 0.438 e. The topological polar surface area (TPSA) is 50.8 Å². The van der Waals surface area contributed by atoms with Gasteiger partial charge in [-0.2, -0.15) is 5.26 Å². The van der Waals surface area contributed by atoms with Crippen LogP contribution in [0.5, 0.6) is 11.6 Å². The van der Waals surface area contributed by atoms with Gasteiger partial charge in [-0.15, -0.1) is 0 Å². The molecule has 0 saturated carbocycles. The predicted molar refractivity (Wildman–Crippen MR) is 101 cm³/mol. The number of nitrogens with zero attached hydrogens (tertiary/aromatic N) is 3. The van der Waals surface area contributed by atoms with E-state index >= 15 is 0 Å². The zero-order valence-corrected chi connectivity index (χ0v) is 14.5. The van der Waals surface area contributed by atoms with Crippen LogP contribution in [0.1, 0.15) is 11.1 Å². The second kappa shape index (κ2) is 7.30. The summed E-state index contributed by atoms with van der Waals surface area (Å²) >= 11 is 0. The Morgan fingerprint density at radius 2 is 1.93 bits per heavy atom.